The van der Waals surface area contributed by atoms with Crippen molar-refractivity contribution in [1.29, 1.82) is 0 Å². The first-order chi connectivity index (χ1) is 13.9. The third-order valence-electron chi connectivity index (χ3n) is 4.65. The van der Waals surface area contributed by atoms with Crippen LogP contribution < -0.4 is 15.4 Å². The van der Waals surface area contributed by atoms with Gasteiger partial charge in [-0.3, -0.25) is 4.79 Å². The average Bonchev–Trinajstić information content (AvgIpc) is 2.81. The van der Waals surface area contributed by atoms with Crippen LogP contribution >= 0.6 is 11.8 Å². The number of primary amides is 1. The van der Waals surface area contributed by atoms with Gasteiger partial charge in [-0.15, -0.1) is 11.8 Å². The molecule has 0 unspecified atom stereocenters. The van der Waals surface area contributed by atoms with E-state index in [0.29, 0.717) is 18.8 Å². The summed E-state index contributed by atoms with van der Waals surface area (Å²) in [4.78, 5) is 29.8. The molecular weight excluding hydrogens is 390 g/mol. The highest BCUT2D eigenvalue weighted by atomic mass is 32.2. The van der Waals surface area contributed by atoms with Crippen molar-refractivity contribution < 1.29 is 19.1 Å². The molecule has 2 N–H and O–H groups in total. The number of anilines is 1. The first-order valence-electron chi connectivity index (χ1n) is 9.22. The van der Waals surface area contributed by atoms with Gasteiger partial charge in [0.05, 0.1) is 18.0 Å². The molecule has 0 aliphatic carbocycles. The number of carbonyl (C=O) groups excluding carboxylic acids is 2. The van der Waals surface area contributed by atoms with Gasteiger partial charge in [-0.2, -0.15) is 0 Å². The van der Waals surface area contributed by atoms with E-state index in [1.165, 1.54) is 11.8 Å². The van der Waals surface area contributed by atoms with E-state index in [-0.39, 0.29) is 5.91 Å². The molecule has 2 amide bonds. The molecule has 154 valence electrons. The van der Waals surface area contributed by atoms with Crippen molar-refractivity contribution >= 4 is 29.4 Å². The highest BCUT2D eigenvalue weighted by Gasteiger charge is 2.40. The third kappa shape index (κ3) is 4.83. The molecule has 2 atom stereocenters. The smallest absolute Gasteiger partial charge is 0.405 e. The predicted molar refractivity (Wildman–Crippen MR) is 113 cm³/mol. The number of methoxy groups -OCH3 is 1. The highest BCUT2D eigenvalue weighted by molar-refractivity contribution is 7.99. The molecule has 0 saturated carbocycles. The standard InChI is InChI=1S/C21H25N3O4S/c1-23(2)12-13-24-16-6-4-5-7-17(16)29-19(18(20(24)25)28-21(22)26)14-8-10-15(27-3)11-9-14/h4-11,18-19H,12-13H2,1-3H3,(H2,22,26)/t18-,19+/m0/s1. The molecule has 1 heterocycles. The van der Waals surface area contributed by atoms with Crippen LogP contribution in [0.2, 0.25) is 0 Å². The van der Waals surface area contributed by atoms with E-state index in [9.17, 15) is 9.59 Å². The topological polar surface area (TPSA) is 85.1 Å². The van der Waals surface area contributed by atoms with Gasteiger partial charge in [-0.25, -0.2) is 4.79 Å². The van der Waals surface area contributed by atoms with Crippen LogP contribution in [0, 0.1) is 0 Å². The van der Waals surface area contributed by atoms with Crippen molar-refractivity contribution in [2.75, 3.05) is 39.2 Å². The summed E-state index contributed by atoms with van der Waals surface area (Å²) in [5.74, 6) is 0.419. The van der Waals surface area contributed by atoms with Gasteiger partial charge in [0.15, 0.2) is 6.10 Å². The molecule has 0 spiro atoms. The molecule has 0 aromatic heterocycles. The minimum atomic E-state index is -1.04. The fraction of sp³-hybridized carbons (Fsp3) is 0.333. The van der Waals surface area contributed by atoms with Gasteiger partial charge in [-0.1, -0.05) is 24.3 Å². The van der Waals surface area contributed by atoms with Crippen molar-refractivity contribution in [3.05, 3.63) is 54.1 Å². The molecule has 2 aromatic carbocycles. The van der Waals surface area contributed by atoms with Crippen molar-refractivity contribution in [2.24, 2.45) is 5.73 Å². The van der Waals surface area contributed by atoms with Gasteiger partial charge in [0.25, 0.3) is 5.91 Å². The number of hydrogen-bond donors (Lipinski definition) is 1. The van der Waals surface area contributed by atoms with Crippen molar-refractivity contribution in [3.63, 3.8) is 0 Å². The Morgan fingerprint density at radius 1 is 1.17 bits per heavy atom. The second-order valence-electron chi connectivity index (χ2n) is 6.93. The first kappa shape index (κ1) is 21.0. The van der Waals surface area contributed by atoms with E-state index >= 15 is 0 Å². The molecule has 7 nitrogen and oxygen atoms in total. The monoisotopic (exact) mass is 415 g/mol. The zero-order valence-electron chi connectivity index (χ0n) is 16.7. The maximum Gasteiger partial charge on any atom is 0.405 e. The Balaban J connectivity index is 2.06. The number of nitrogens with two attached hydrogens (primary N) is 1. The van der Waals surface area contributed by atoms with Crippen LogP contribution in [0.5, 0.6) is 5.75 Å². The summed E-state index contributed by atoms with van der Waals surface area (Å²) in [5, 5.41) is -0.439. The number of thioether (sulfide) groups is 1. The fourth-order valence-electron chi connectivity index (χ4n) is 3.18. The minimum absolute atomic E-state index is 0.288. The molecule has 8 heteroatoms. The van der Waals surface area contributed by atoms with E-state index < -0.39 is 17.4 Å². The lowest BCUT2D eigenvalue weighted by Crippen LogP contribution is -2.45. The Hall–Kier alpha value is -2.71. The third-order valence-corrected chi connectivity index (χ3v) is 6.03. The van der Waals surface area contributed by atoms with Gasteiger partial charge in [0.1, 0.15) is 5.75 Å². The van der Waals surface area contributed by atoms with E-state index in [0.717, 1.165) is 16.1 Å². The summed E-state index contributed by atoms with van der Waals surface area (Å²) < 4.78 is 10.6. The molecule has 29 heavy (non-hydrogen) atoms. The van der Waals surface area contributed by atoms with Crippen LogP contribution in [0.25, 0.3) is 0 Å². The number of amides is 2. The van der Waals surface area contributed by atoms with Crippen molar-refractivity contribution in [1.82, 2.24) is 4.90 Å². The number of fused-ring (bicyclic) bond motifs is 1. The maximum absolute atomic E-state index is 13.5. The molecule has 0 bridgehead atoms. The van der Waals surface area contributed by atoms with Crippen LogP contribution in [0.15, 0.2) is 53.4 Å². The Bertz CT molecular complexity index is 872. The molecule has 2 aromatic rings. The maximum atomic E-state index is 13.5. The minimum Gasteiger partial charge on any atom is -0.497 e. The molecule has 0 fully saturated rings. The number of hydrogen-bond acceptors (Lipinski definition) is 6. The number of para-hydroxylation sites is 1. The van der Waals surface area contributed by atoms with Gasteiger partial charge < -0.3 is 25.0 Å². The lowest BCUT2D eigenvalue weighted by atomic mass is 10.1. The number of rotatable bonds is 6. The molecule has 1 aliphatic rings. The molecule has 3 rings (SSSR count). The highest BCUT2D eigenvalue weighted by Crippen LogP contribution is 2.46. The summed E-state index contributed by atoms with van der Waals surface area (Å²) in [5.41, 5.74) is 6.98. The molecule has 0 saturated heterocycles. The van der Waals surface area contributed by atoms with Gasteiger partial charge >= 0.3 is 6.09 Å². The van der Waals surface area contributed by atoms with Crippen LogP contribution in [0.3, 0.4) is 0 Å². The second-order valence-corrected chi connectivity index (χ2v) is 8.11. The summed E-state index contributed by atoms with van der Waals surface area (Å²) in [6.07, 6.45) is -2.01. The van der Waals surface area contributed by atoms with Crippen LogP contribution in [0.4, 0.5) is 10.5 Å². The van der Waals surface area contributed by atoms with E-state index in [4.69, 9.17) is 15.2 Å². The molecule has 1 aliphatic heterocycles. The predicted octanol–water partition coefficient (Wildman–Crippen LogP) is 2.90. The van der Waals surface area contributed by atoms with Gasteiger partial charge in [0, 0.05) is 18.0 Å². The zero-order chi connectivity index (χ0) is 21.0. The number of nitrogens with zero attached hydrogens (tertiary/aromatic N) is 2. The summed E-state index contributed by atoms with van der Waals surface area (Å²) in [6.45, 7) is 1.14. The Morgan fingerprint density at radius 2 is 1.86 bits per heavy atom. The Labute approximate surface area is 174 Å². The number of ether oxygens (including phenoxy) is 2. The summed E-state index contributed by atoms with van der Waals surface area (Å²) in [6, 6.07) is 15.1. The molecular formula is C21H25N3O4S. The summed E-state index contributed by atoms with van der Waals surface area (Å²) >= 11 is 1.49. The Kier molecular flexibility index (Phi) is 6.66. The number of likely N-dealkylation sites (N-methyl/N-ethyl adjacent to an activating group) is 1. The SMILES string of the molecule is COc1ccc([C@H]2Sc3ccccc3N(CCN(C)C)C(=O)[C@H]2OC(N)=O)cc1. The number of carbonyl (C=O) groups is 2. The van der Waals surface area contributed by atoms with Gasteiger partial charge in [-0.05, 0) is 43.9 Å². The largest absolute Gasteiger partial charge is 0.497 e. The normalized spacial score (nSPS) is 18.9. The number of benzene rings is 2. The lowest BCUT2D eigenvalue weighted by molar-refractivity contribution is -0.126. The van der Waals surface area contributed by atoms with Crippen molar-refractivity contribution in [2.45, 2.75) is 16.2 Å². The first-order valence-corrected chi connectivity index (χ1v) is 10.1. The zero-order valence-corrected chi connectivity index (χ0v) is 17.5. The summed E-state index contributed by atoms with van der Waals surface area (Å²) in [7, 11) is 5.48. The van der Waals surface area contributed by atoms with Crippen molar-refractivity contribution in [3.8, 4) is 5.75 Å². The second kappa shape index (κ2) is 9.19. The quantitative estimate of drug-likeness (QED) is 0.781. The molecule has 0 radical (unpaired) electrons. The van der Waals surface area contributed by atoms with Crippen LogP contribution in [-0.4, -0.2) is 57.3 Å². The average molecular weight is 416 g/mol. The van der Waals surface area contributed by atoms with E-state index in [1.54, 1.807) is 12.0 Å². The Morgan fingerprint density at radius 3 is 2.48 bits per heavy atom. The van der Waals surface area contributed by atoms with Crippen LogP contribution in [-0.2, 0) is 9.53 Å². The van der Waals surface area contributed by atoms with E-state index in [1.807, 2.05) is 67.5 Å². The lowest BCUT2D eigenvalue weighted by Gasteiger charge is -2.28. The van der Waals surface area contributed by atoms with Gasteiger partial charge in [0.2, 0.25) is 0 Å². The van der Waals surface area contributed by atoms with Crippen LogP contribution in [0.1, 0.15) is 10.8 Å². The van der Waals surface area contributed by atoms with E-state index in [2.05, 4.69) is 0 Å². The fourth-order valence-corrected chi connectivity index (χ4v) is 4.50.